The Morgan fingerprint density at radius 2 is 1.84 bits per heavy atom. The Bertz CT molecular complexity index is 1080. The third-order valence-electron chi connectivity index (χ3n) is 6.23. The Hall–Kier alpha value is -2.08. The molecule has 1 aromatic carbocycles. The van der Waals surface area contributed by atoms with Crippen LogP contribution in [0.25, 0.3) is 11.3 Å². The predicted octanol–water partition coefficient (Wildman–Crippen LogP) is 6.95. The Morgan fingerprint density at radius 3 is 2.58 bits per heavy atom. The predicted molar refractivity (Wildman–Crippen MR) is 128 cm³/mol. The number of aromatic nitrogens is 1. The maximum Gasteiger partial charge on any atom is 0.170 e. The van der Waals surface area contributed by atoms with E-state index < -0.39 is 0 Å². The zero-order valence-electron chi connectivity index (χ0n) is 16.9. The number of thiocarbonyl (C=S) groups is 1. The zero-order valence-corrected chi connectivity index (χ0v) is 19.3. The molecule has 31 heavy (non-hydrogen) atoms. The van der Waals surface area contributed by atoms with Gasteiger partial charge in [-0.1, -0.05) is 48.5 Å². The normalized spacial score (nSPS) is 22.0. The molecule has 0 amide bonds. The van der Waals surface area contributed by atoms with Crippen LogP contribution in [0, 0.1) is 0 Å². The molecular formula is C24H23Cl2N3OS. The highest BCUT2D eigenvalue weighted by atomic mass is 35.5. The Labute approximate surface area is 197 Å². The first-order valence-electron chi connectivity index (χ1n) is 10.7. The van der Waals surface area contributed by atoms with Gasteiger partial charge in [-0.25, -0.2) is 0 Å². The molecule has 2 aliphatic rings. The fraction of sp³-hybridized carbons (Fsp3) is 0.333. The highest BCUT2D eigenvalue weighted by molar-refractivity contribution is 7.80. The van der Waals surface area contributed by atoms with E-state index in [2.05, 4.69) is 15.2 Å². The summed E-state index contributed by atoms with van der Waals surface area (Å²) < 4.78 is 6.40. The molecule has 1 aliphatic carbocycles. The fourth-order valence-electron chi connectivity index (χ4n) is 4.74. The van der Waals surface area contributed by atoms with Gasteiger partial charge >= 0.3 is 0 Å². The van der Waals surface area contributed by atoms with Gasteiger partial charge in [0.05, 0.1) is 21.8 Å². The highest BCUT2D eigenvalue weighted by Gasteiger charge is 2.44. The lowest BCUT2D eigenvalue weighted by molar-refractivity contribution is 0.179. The van der Waals surface area contributed by atoms with Crippen molar-refractivity contribution in [1.29, 1.82) is 0 Å². The van der Waals surface area contributed by atoms with E-state index in [1.54, 1.807) is 6.07 Å². The zero-order chi connectivity index (χ0) is 21.4. The molecule has 2 fully saturated rings. The van der Waals surface area contributed by atoms with E-state index in [1.165, 1.54) is 19.3 Å². The summed E-state index contributed by atoms with van der Waals surface area (Å²) in [5.74, 6) is 1.63. The van der Waals surface area contributed by atoms with Gasteiger partial charge in [0.2, 0.25) is 0 Å². The molecule has 7 heteroatoms. The second-order valence-electron chi connectivity index (χ2n) is 8.16. The summed E-state index contributed by atoms with van der Waals surface area (Å²) in [7, 11) is 0. The van der Waals surface area contributed by atoms with Gasteiger partial charge in [-0.15, -0.1) is 0 Å². The van der Waals surface area contributed by atoms with Crippen LogP contribution in [-0.4, -0.2) is 21.0 Å². The molecule has 1 N–H and O–H groups in total. The highest BCUT2D eigenvalue weighted by Crippen LogP contribution is 2.43. The molecule has 2 atom stereocenters. The molecule has 1 aliphatic heterocycles. The molecule has 1 saturated carbocycles. The lowest BCUT2D eigenvalue weighted by Gasteiger charge is -2.36. The molecular weight excluding hydrogens is 449 g/mol. The smallest absolute Gasteiger partial charge is 0.170 e. The summed E-state index contributed by atoms with van der Waals surface area (Å²) in [5.41, 5.74) is 1.86. The van der Waals surface area contributed by atoms with Gasteiger partial charge in [-0.3, -0.25) is 4.98 Å². The lowest BCUT2D eigenvalue weighted by Crippen LogP contribution is -2.40. The Morgan fingerprint density at radius 1 is 1.00 bits per heavy atom. The molecule has 160 valence electrons. The van der Waals surface area contributed by atoms with Gasteiger partial charge in [0.1, 0.15) is 17.6 Å². The van der Waals surface area contributed by atoms with Crippen LogP contribution in [0.5, 0.6) is 0 Å². The first-order chi connectivity index (χ1) is 15.1. The van der Waals surface area contributed by atoms with Crippen molar-refractivity contribution in [1.82, 2.24) is 15.2 Å². The Balaban J connectivity index is 1.54. The van der Waals surface area contributed by atoms with Gasteiger partial charge < -0.3 is 14.6 Å². The van der Waals surface area contributed by atoms with E-state index in [9.17, 15) is 0 Å². The minimum atomic E-state index is -0.0663. The molecule has 3 heterocycles. The second-order valence-corrected chi connectivity index (χ2v) is 9.36. The molecule has 5 rings (SSSR count). The van der Waals surface area contributed by atoms with E-state index >= 15 is 0 Å². The van der Waals surface area contributed by atoms with Crippen molar-refractivity contribution in [2.45, 2.75) is 50.2 Å². The van der Waals surface area contributed by atoms with E-state index in [-0.39, 0.29) is 12.1 Å². The van der Waals surface area contributed by atoms with Crippen molar-refractivity contribution in [3.05, 3.63) is 76.2 Å². The van der Waals surface area contributed by atoms with Gasteiger partial charge in [-0.2, -0.15) is 0 Å². The van der Waals surface area contributed by atoms with E-state index in [0.717, 1.165) is 40.7 Å². The van der Waals surface area contributed by atoms with Gasteiger partial charge in [0.15, 0.2) is 5.11 Å². The summed E-state index contributed by atoms with van der Waals surface area (Å²) in [6, 6.07) is 15.9. The molecule has 0 bridgehead atoms. The summed E-state index contributed by atoms with van der Waals surface area (Å²) in [4.78, 5) is 6.97. The summed E-state index contributed by atoms with van der Waals surface area (Å²) in [6.07, 6.45) is 7.88. The topological polar surface area (TPSA) is 41.3 Å². The molecule has 2 aromatic heterocycles. The minimum absolute atomic E-state index is 0.0537. The maximum absolute atomic E-state index is 6.40. The van der Waals surface area contributed by atoms with Crippen LogP contribution in [0.3, 0.4) is 0 Å². The first kappa shape index (κ1) is 20.8. The lowest BCUT2D eigenvalue weighted by atomic mass is 9.92. The monoisotopic (exact) mass is 471 g/mol. The molecule has 0 spiro atoms. The number of rotatable bonds is 4. The molecule has 3 aromatic rings. The van der Waals surface area contributed by atoms with Crippen LogP contribution in [0.1, 0.15) is 55.6 Å². The number of hydrogen-bond donors (Lipinski definition) is 1. The third kappa shape index (κ3) is 4.07. The second kappa shape index (κ2) is 8.81. The number of furan rings is 1. The molecule has 0 radical (unpaired) electrons. The van der Waals surface area contributed by atoms with Crippen molar-refractivity contribution in [3.8, 4) is 11.3 Å². The van der Waals surface area contributed by atoms with Gasteiger partial charge in [-0.05, 0) is 67.5 Å². The number of hydrogen-bond acceptors (Lipinski definition) is 3. The third-order valence-corrected chi connectivity index (χ3v) is 7.29. The Kier molecular flexibility index (Phi) is 5.91. The van der Waals surface area contributed by atoms with Gasteiger partial charge in [0.25, 0.3) is 0 Å². The van der Waals surface area contributed by atoms with E-state index in [1.807, 2.05) is 48.7 Å². The SMILES string of the molecule is S=C1N[C@@H](c2ccccn2)[C@@H](c2ccc(-c3ccc(Cl)c(Cl)c3)o2)N1C1CCCCC1. The average molecular weight is 472 g/mol. The van der Waals surface area contributed by atoms with Crippen molar-refractivity contribution >= 4 is 40.5 Å². The van der Waals surface area contributed by atoms with Crippen molar-refractivity contribution < 1.29 is 4.42 Å². The largest absolute Gasteiger partial charge is 0.459 e. The minimum Gasteiger partial charge on any atom is -0.459 e. The van der Waals surface area contributed by atoms with Crippen molar-refractivity contribution in [2.24, 2.45) is 0 Å². The number of nitrogens with zero attached hydrogens (tertiary/aromatic N) is 2. The number of nitrogens with one attached hydrogen (secondary N) is 1. The van der Waals surface area contributed by atoms with Crippen LogP contribution in [0.4, 0.5) is 0 Å². The molecule has 0 unspecified atom stereocenters. The van der Waals surface area contributed by atoms with Crippen LogP contribution in [0.2, 0.25) is 10.0 Å². The molecule has 4 nitrogen and oxygen atoms in total. The van der Waals surface area contributed by atoms with Crippen LogP contribution in [-0.2, 0) is 0 Å². The van der Waals surface area contributed by atoms with E-state index in [4.69, 9.17) is 39.8 Å². The van der Waals surface area contributed by atoms with Crippen LogP contribution < -0.4 is 5.32 Å². The van der Waals surface area contributed by atoms with Crippen molar-refractivity contribution in [3.63, 3.8) is 0 Å². The van der Waals surface area contributed by atoms with Crippen molar-refractivity contribution in [2.75, 3.05) is 0 Å². The quantitative estimate of drug-likeness (QED) is 0.416. The van der Waals surface area contributed by atoms with Crippen LogP contribution in [0.15, 0.2) is 59.1 Å². The van der Waals surface area contributed by atoms with Gasteiger partial charge in [0, 0.05) is 17.8 Å². The van der Waals surface area contributed by atoms with E-state index in [0.29, 0.717) is 16.1 Å². The summed E-state index contributed by atoms with van der Waals surface area (Å²) in [6.45, 7) is 0. The van der Waals surface area contributed by atoms with Crippen LogP contribution >= 0.6 is 35.4 Å². The molecule has 1 saturated heterocycles. The average Bonchev–Trinajstić information content (AvgIpc) is 3.41. The summed E-state index contributed by atoms with van der Waals surface area (Å²) >= 11 is 18.1. The number of benzene rings is 1. The maximum atomic E-state index is 6.40. The summed E-state index contributed by atoms with van der Waals surface area (Å²) in [5, 5.41) is 5.34. The number of halogens is 2. The number of pyridine rings is 1. The fourth-order valence-corrected chi connectivity index (χ4v) is 5.43. The first-order valence-corrected chi connectivity index (χ1v) is 11.8. The standard InChI is InChI=1S/C24H23Cl2N3OS/c25-17-10-9-15(14-18(17)26)20-11-12-21(30-20)23-22(19-8-4-5-13-27-19)28-24(31)29(23)16-6-2-1-3-7-16/h4-5,8-14,16,22-23H,1-3,6-7H2,(H,28,31)/t22-,23+/m0/s1.